The van der Waals surface area contributed by atoms with Gasteiger partial charge in [-0.05, 0) is 37.3 Å². The third-order valence-electron chi connectivity index (χ3n) is 4.02. The van der Waals surface area contributed by atoms with Gasteiger partial charge in [-0.2, -0.15) is 0 Å². The SMILES string of the molecule is Cc1ccc(NC(=O)CSCC(=O)OCC(=O)c2ccc3c(c2)OCCO3)cc1. The minimum absolute atomic E-state index is 0.0181. The van der Waals surface area contributed by atoms with Crippen molar-refractivity contribution in [2.45, 2.75) is 6.92 Å². The van der Waals surface area contributed by atoms with Crippen molar-refractivity contribution in [2.75, 3.05) is 36.6 Å². The highest BCUT2D eigenvalue weighted by Gasteiger charge is 2.16. The number of anilines is 1. The molecule has 1 amide bonds. The third-order valence-corrected chi connectivity index (χ3v) is 4.92. The van der Waals surface area contributed by atoms with Gasteiger partial charge in [0.05, 0.1) is 11.5 Å². The van der Waals surface area contributed by atoms with E-state index in [4.69, 9.17) is 14.2 Å². The van der Waals surface area contributed by atoms with Crippen LogP contribution in [0.15, 0.2) is 42.5 Å². The van der Waals surface area contributed by atoms with Gasteiger partial charge in [-0.3, -0.25) is 14.4 Å². The molecule has 0 bridgehead atoms. The first kappa shape index (κ1) is 20.7. The van der Waals surface area contributed by atoms with E-state index in [1.165, 1.54) is 0 Å². The first-order valence-electron chi connectivity index (χ1n) is 9.04. The molecule has 1 aliphatic rings. The monoisotopic (exact) mass is 415 g/mol. The van der Waals surface area contributed by atoms with E-state index in [0.717, 1.165) is 17.3 Å². The summed E-state index contributed by atoms with van der Waals surface area (Å²) in [4.78, 5) is 35.9. The van der Waals surface area contributed by atoms with Gasteiger partial charge in [-0.15, -0.1) is 11.8 Å². The van der Waals surface area contributed by atoms with Crippen LogP contribution in [-0.4, -0.2) is 49.0 Å². The van der Waals surface area contributed by atoms with Gasteiger partial charge in [0.15, 0.2) is 23.9 Å². The summed E-state index contributed by atoms with van der Waals surface area (Å²) >= 11 is 1.12. The number of benzene rings is 2. The summed E-state index contributed by atoms with van der Waals surface area (Å²) in [5, 5.41) is 2.75. The molecule has 2 aromatic carbocycles. The van der Waals surface area contributed by atoms with Crippen molar-refractivity contribution >= 4 is 35.1 Å². The van der Waals surface area contributed by atoms with Crippen LogP contribution in [0.5, 0.6) is 11.5 Å². The molecule has 0 atom stereocenters. The summed E-state index contributed by atoms with van der Waals surface area (Å²) in [7, 11) is 0. The Morgan fingerprint density at radius 2 is 1.72 bits per heavy atom. The number of ketones is 1. The van der Waals surface area contributed by atoms with E-state index < -0.39 is 5.97 Å². The topological polar surface area (TPSA) is 90.9 Å². The molecule has 29 heavy (non-hydrogen) atoms. The fraction of sp³-hybridized carbons (Fsp3) is 0.286. The molecule has 8 heteroatoms. The molecule has 1 N–H and O–H groups in total. The number of hydrogen-bond donors (Lipinski definition) is 1. The van der Waals surface area contributed by atoms with E-state index in [1.54, 1.807) is 18.2 Å². The standard InChI is InChI=1S/C21H21NO6S/c1-14-2-5-16(6-3-14)22-20(24)12-29-13-21(25)28-11-17(23)15-4-7-18-19(10-15)27-9-8-26-18/h2-7,10H,8-9,11-13H2,1H3,(H,22,24). The van der Waals surface area contributed by atoms with Gasteiger partial charge in [-0.25, -0.2) is 0 Å². The van der Waals surface area contributed by atoms with E-state index in [9.17, 15) is 14.4 Å². The zero-order valence-corrected chi connectivity index (χ0v) is 16.8. The van der Waals surface area contributed by atoms with Gasteiger partial charge in [0, 0.05) is 11.3 Å². The van der Waals surface area contributed by atoms with Gasteiger partial charge < -0.3 is 19.5 Å². The first-order chi connectivity index (χ1) is 14.0. The van der Waals surface area contributed by atoms with Gasteiger partial charge >= 0.3 is 5.97 Å². The molecule has 0 radical (unpaired) electrons. The van der Waals surface area contributed by atoms with Gasteiger partial charge in [0.2, 0.25) is 5.91 Å². The second-order valence-corrected chi connectivity index (χ2v) is 7.33. The summed E-state index contributed by atoms with van der Waals surface area (Å²) < 4.78 is 15.8. The van der Waals surface area contributed by atoms with Crippen LogP contribution in [0, 0.1) is 6.92 Å². The molecule has 7 nitrogen and oxygen atoms in total. The van der Waals surface area contributed by atoms with E-state index >= 15 is 0 Å². The number of amides is 1. The van der Waals surface area contributed by atoms with Crippen molar-refractivity contribution in [1.29, 1.82) is 0 Å². The zero-order valence-electron chi connectivity index (χ0n) is 15.9. The maximum Gasteiger partial charge on any atom is 0.316 e. The Balaban J connectivity index is 1.36. The van der Waals surface area contributed by atoms with Gasteiger partial charge in [0.25, 0.3) is 0 Å². The van der Waals surface area contributed by atoms with Crippen LogP contribution in [0.1, 0.15) is 15.9 Å². The summed E-state index contributed by atoms with van der Waals surface area (Å²) in [5.74, 6) is 0.0867. The summed E-state index contributed by atoms with van der Waals surface area (Å²) in [6.45, 7) is 2.49. The average molecular weight is 415 g/mol. The van der Waals surface area contributed by atoms with Gasteiger partial charge in [-0.1, -0.05) is 17.7 Å². The van der Waals surface area contributed by atoms with Crippen LogP contribution in [0.4, 0.5) is 5.69 Å². The smallest absolute Gasteiger partial charge is 0.316 e. The fourth-order valence-electron chi connectivity index (χ4n) is 2.55. The lowest BCUT2D eigenvalue weighted by molar-refractivity contribution is -0.139. The van der Waals surface area contributed by atoms with Crippen LogP contribution in [0.3, 0.4) is 0 Å². The highest BCUT2D eigenvalue weighted by molar-refractivity contribution is 8.00. The number of Topliss-reactive ketones (excluding diaryl/α,β-unsaturated/α-hetero) is 1. The largest absolute Gasteiger partial charge is 0.486 e. The summed E-state index contributed by atoms with van der Waals surface area (Å²) in [6, 6.07) is 12.3. The van der Waals surface area contributed by atoms with E-state index in [1.807, 2.05) is 31.2 Å². The quantitative estimate of drug-likeness (QED) is 0.524. The number of carbonyl (C=O) groups excluding carboxylic acids is 3. The first-order valence-corrected chi connectivity index (χ1v) is 10.2. The number of thioether (sulfide) groups is 1. The van der Waals surface area contributed by atoms with Crippen molar-refractivity contribution in [3.63, 3.8) is 0 Å². The predicted molar refractivity (Wildman–Crippen MR) is 110 cm³/mol. The van der Waals surface area contributed by atoms with Crippen molar-refractivity contribution in [3.8, 4) is 11.5 Å². The summed E-state index contributed by atoms with van der Waals surface area (Å²) in [6.07, 6.45) is 0. The Hall–Kier alpha value is -3.00. The molecule has 3 rings (SSSR count). The molecule has 152 valence electrons. The Labute approximate surface area is 172 Å². The number of fused-ring (bicyclic) bond motifs is 1. The normalized spacial score (nSPS) is 12.2. The van der Waals surface area contributed by atoms with E-state index in [0.29, 0.717) is 36.0 Å². The second-order valence-electron chi connectivity index (χ2n) is 6.35. The van der Waals surface area contributed by atoms with Crippen molar-refractivity contribution in [2.24, 2.45) is 0 Å². The second kappa shape index (κ2) is 9.97. The lowest BCUT2D eigenvalue weighted by atomic mass is 10.1. The average Bonchev–Trinajstić information content (AvgIpc) is 2.73. The van der Waals surface area contributed by atoms with Crippen LogP contribution in [-0.2, 0) is 14.3 Å². The Morgan fingerprint density at radius 1 is 1.00 bits per heavy atom. The predicted octanol–water partition coefficient (Wildman–Crippen LogP) is 2.86. The molecule has 0 fully saturated rings. The number of esters is 1. The number of ether oxygens (including phenoxy) is 3. The molecule has 0 saturated heterocycles. The molecule has 2 aromatic rings. The van der Waals surface area contributed by atoms with Crippen molar-refractivity contribution in [3.05, 3.63) is 53.6 Å². The molecular formula is C21H21NO6S. The maximum absolute atomic E-state index is 12.2. The Morgan fingerprint density at radius 3 is 2.48 bits per heavy atom. The highest BCUT2D eigenvalue weighted by Crippen LogP contribution is 2.30. The summed E-state index contributed by atoms with van der Waals surface area (Å²) in [5.41, 5.74) is 2.19. The zero-order chi connectivity index (χ0) is 20.6. The van der Waals surface area contributed by atoms with Crippen molar-refractivity contribution in [1.82, 2.24) is 0 Å². The highest BCUT2D eigenvalue weighted by atomic mass is 32.2. The Kier molecular flexibility index (Phi) is 7.13. The third kappa shape index (κ3) is 6.25. The minimum Gasteiger partial charge on any atom is -0.486 e. The number of nitrogens with one attached hydrogen (secondary N) is 1. The molecular weight excluding hydrogens is 394 g/mol. The van der Waals surface area contributed by atoms with Crippen LogP contribution < -0.4 is 14.8 Å². The molecule has 1 aliphatic heterocycles. The van der Waals surface area contributed by atoms with E-state index in [-0.39, 0.29) is 29.8 Å². The molecule has 0 aliphatic carbocycles. The van der Waals surface area contributed by atoms with Crippen LogP contribution in [0.2, 0.25) is 0 Å². The Bertz CT molecular complexity index is 897. The number of rotatable bonds is 8. The van der Waals surface area contributed by atoms with Crippen LogP contribution >= 0.6 is 11.8 Å². The fourth-order valence-corrected chi connectivity index (χ4v) is 3.16. The molecule has 0 spiro atoms. The molecule has 0 unspecified atom stereocenters. The van der Waals surface area contributed by atoms with E-state index in [2.05, 4.69) is 5.32 Å². The lowest BCUT2D eigenvalue weighted by Gasteiger charge is -2.18. The van der Waals surface area contributed by atoms with Gasteiger partial charge in [0.1, 0.15) is 13.2 Å². The lowest BCUT2D eigenvalue weighted by Crippen LogP contribution is -2.19. The number of carbonyl (C=O) groups is 3. The number of hydrogen-bond acceptors (Lipinski definition) is 7. The van der Waals surface area contributed by atoms with Crippen LogP contribution in [0.25, 0.3) is 0 Å². The maximum atomic E-state index is 12.2. The number of aryl methyl sites for hydroxylation is 1. The minimum atomic E-state index is -0.552. The molecule has 0 saturated carbocycles. The molecule has 0 aromatic heterocycles. The van der Waals surface area contributed by atoms with Crippen molar-refractivity contribution < 1.29 is 28.6 Å². The molecule has 1 heterocycles.